The van der Waals surface area contributed by atoms with Crippen LogP contribution in [0.1, 0.15) is 18.1 Å². The zero-order valence-corrected chi connectivity index (χ0v) is 62.7. The lowest BCUT2D eigenvalue weighted by Gasteiger charge is -2.34. The first kappa shape index (κ1) is 85.6. The minimum atomic E-state index is -0.602. The van der Waals surface area contributed by atoms with Crippen molar-refractivity contribution in [2.45, 2.75) is 26.2 Å². The van der Waals surface area contributed by atoms with Crippen LogP contribution in [0, 0.1) is 20.2 Å². The van der Waals surface area contributed by atoms with Gasteiger partial charge >= 0.3 is 29.5 Å². The molecule has 0 bridgehead atoms. The Balaban J connectivity index is 0.000000188. The third-order valence-corrected chi connectivity index (χ3v) is 15.3. The number of hydrogen-bond donors (Lipinski definition) is 8. The highest BCUT2D eigenvalue weighted by atomic mass is 35.5. The molecule has 42 heteroatoms. The fourth-order valence-corrected chi connectivity index (χ4v) is 9.53. The van der Waals surface area contributed by atoms with Crippen LogP contribution in [0.4, 0.5) is 84.3 Å². The predicted octanol–water partition coefficient (Wildman–Crippen LogP) is 7.75. The Labute approximate surface area is 649 Å². The lowest BCUT2D eigenvalue weighted by Crippen LogP contribution is -2.49. The number of nitrogen functional groups attached to an aromatic ring is 4. The first-order valence-electron chi connectivity index (χ1n) is 33.3. The lowest BCUT2D eigenvalue weighted by atomic mass is 10.2. The fraction of sp³-hybridized carbons (Fsp3) is 0.254. The first-order chi connectivity index (χ1) is 54.3. The van der Waals surface area contributed by atoms with Crippen molar-refractivity contribution in [2.75, 3.05) is 155 Å². The van der Waals surface area contributed by atoms with Crippen LogP contribution in [0.5, 0.6) is 41.2 Å². The van der Waals surface area contributed by atoms with Crippen molar-refractivity contribution in [1.29, 1.82) is 0 Å². The Morgan fingerprint density at radius 3 is 1.51 bits per heavy atom. The van der Waals surface area contributed by atoms with Gasteiger partial charge in [0.2, 0.25) is 69.9 Å². The number of aromatic nitrogens is 7. The lowest BCUT2D eigenvalue weighted by molar-refractivity contribution is -0.385. The number of methoxy groups -OCH3 is 7. The van der Waals surface area contributed by atoms with Crippen molar-refractivity contribution in [3.05, 3.63) is 182 Å². The summed E-state index contributed by atoms with van der Waals surface area (Å²) in [7, 11) is 10.4. The number of esters is 1. The van der Waals surface area contributed by atoms with E-state index in [0.29, 0.717) is 95.9 Å². The topological polar surface area (TPSA) is 546 Å². The highest BCUT2D eigenvalue weighted by Crippen LogP contribution is 2.36. The molecule has 1 unspecified atom stereocenters. The standard InChI is InChI=1S/C19H19N3O5.C16H15N3O4.C10H15N3O3.C8H9N3O2.C6H5ClN2O3.C6H7N3O3.C6H9N3O/c1-25-16-8-7-15-18(20-16)22(9-14-12-26-14)17(23)10-21(15)19(24)27-11-13-5-3-2-4-6-13;1-22-14-8-7-12-15(18-14)17-13(20)9-19(12)16(21)23-10-11-5-3-2-4-6-11;1-3-16-9(14)6-12-7-4-5-8(15-2)13-10(7)11;1-13-7-3-2-5-8(11-7)10-6(12)4-9-5;2*1-12-5-3-2-4(9(10)11)6(7)8-5;1-10-5-3-2-4(7)6(8)9-5/h2-8,14H,9-12H2,1H3;2-8H,9-10H2,1H3,(H,17,18,20);4-5,12H,3,6H2,1-2H3,(H2,11,13);2-3,9H,4H2,1H3,(H,10,11,12);2-3H,1H3;2-3H,1H3,(H2,7,8);2-3H,7H2,1H3,(H2,8,9). The molecule has 4 aliphatic heterocycles. The maximum absolute atomic E-state index is 12.6. The van der Waals surface area contributed by atoms with Crippen molar-refractivity contribution in [2.24, 2.45) is 0 Å². The Kier molecular flexibility index (Phi) is 32.4. The SMILES string of the molecule is CCOC(=O)CNc1ccc(OC)nc1N.COc1ccc(N)c(N)n1.COc1ccc([N+](=O)[O-])c(Cl)n1.COc1ccc([N+](=O)[O-])c(N)n1.COc1ccc2c(n1)N(CC1CO1)C(=O)CN2C(=O)OCc1ccccc1.COc1ccc2c(n1)NC(=O)CN2.COc1ccc2c(n1)NC(=O)CN2C(=O)OCc1ccccc1. The zero-order chi connectivity index (χ0) is 82.1. The maximum atomic E-state index is 12.6. The molecule has 1 fully saturated rings. The largest absolute Gasteiger partial charge is 0.481 e. The minimum absolute atomic E-state index is 0.00591. The fourth-order valence-electron chi connectivity index (χ4n) is 9.32. The average Bonchev–Trinajstić information content (AvgIpc) is 1.38. The van der Waals surface area contributed by atoms with Gasteiger partial charge in [-0.25, -0.2) is 9.59 Å². The molecule has 11 heterocycles. The van der Waals surface area contributed by atoms with Gasteiger partial charge in [0, 0.05) is 54.6 Å². The van der Waals surface area contributed by atoms with Gasteiger partial charge in [-0.1, -0.05) is 72.3 Å². The summed E-state index contributed by atoms with van der Waals surface area (Å²) in [4.78, 5) is 122. The maximum Gasteiger partial charge on any atom is 0.415 e. The van der Waals surface area contributed by atoms with Gasteiger partial charge in [-0.15, -0.1) is 0 Å². The molecule has 13 rings (SSSR count). The third kappa shape index (κ3) is 26.0. The van der Waals surface area contributed by atoms with Crippen LogP contribution in [0.25, 0.3) is 0 Å². The molecule has 7 aromatic heterocycles. The van der Waals surface area contributed by atoms with Crippen LogP contribution in [0.3, 0.4) is 0 Å². The Morgan fingerprint density at radius 2 is 1.00 bits per heavy atom. The second-order valence-electron chi connectivity index (χ2n) is 22.5. The number of amides is 5. The van der Waals surface area contributed by atoms with E-state index in [-0.39, 0.29) is 108 Å². The minimum Gasteiger partial charge on any atom is -0.481 e. The number of epoxide rings is 1. The summed E-state index contributed by atoms with van der Waals surface area (Å²) in [5, 5.41) is 31.4. The highest BCUT2D eigenvalue weighted by Gasteiger charge is 2.39. The van der Waals surface area contributed by atoms with E-state index in [1.807, 2.05) is 66.7 Å². The number of ether oxygens (including phenoxy) is 11. The summed E-state index contributed by atoms with van der Waals surface area (Å²) in [5.41, 5.74) is 25.9. The second-order valence-corrected chi connectivity index (χ2v) is 22.9. The molecular formula is C71H79ClN20O21. The molecule has 41 nitrogen and oxygen atoms in total. The van der Waals surface area contributed by atoms with E-state index in [9.17, 15) is 49.0 Å². The Hall–Kier alpha value is -14.6. The Morgan fingerprint density at radius 1 is 0.540 bits per heavy atom. The summed E-state index contributed by atoms with van der Waals surface area (Å²) in [6, 6.07) is 40.8. The van der Waals surface area contributed by atoms with E-state index < -0.39 is 22.0 Å². The molecule has 12 N–H and O–H groups in total. The van der Waals surface area contributed by atoms with Crippen molar-refractivity contribution in [1.82, 2.24) is 34.9 Å². The number of pyridine rings is 7. The van der Waals surface area contributed by atoms with E-state index in [0.717, 1.165) is 16.8 Å². The molecule has 0 aliphatic carbocycles. The van der Waals surface area contributed by atoms with Crippen LogP contribution in [-0.4, -0.2) is 182 Å². The molecule has 1 saturated heterocycles. The number of fused-ring (bicyclic) bond motifs is 3. The number of rotatable bonds is 19. The third-order valence-electron chi connectivity index (χ3n) is 15.0. The summed E-state index contributed by atoms with van der Waals surface area (Å²) < 4.78 is 54.9. The number of nitrogens with one attached hydrogen (secondary N) is 4. The van der Waals surface area contributed by atoms with Crippen molar-refractivity contribution < 1.29 is 90.7 Å². The quantitative estimate of drug-likeness (QED) is 0.00957. The number of nitrogens with two attached hydrogens (primary N) is 4. The molecule has 0 radical (unpaired) electrons. The second kappa shape index (κ2) is 42.8. The molecular weight excluding hydrogens is 1500 g/mol. The van der Waals surface area contributed by atoms with Gasteiger partial charge in [0.1, 0.15) is 32.8 Å². The molecule has 0 spiro atoms. The van der Waals surface area contributed by atoms with Gasteiger partial charge in [-0.3, -0.25) is 54.1 Å². The van der Waals surface area contributed by atoms with E-state index in [2.05, 4.69) is 56.2 Å². The number of benzene rings is 2. The normalized spacial score (nSPS) is 12.8. The first-order valence-corrected chi connectivity index (χ1v) is 33.6. The zero-order valence-electron chi connectivity index (χ0n) is 61.9. The van der Waals surface area contributed by atoms with Gasteiger partial charge in [0.25, 0.3) is 0 Å². The molecule has 596 valence electrons. The molecule has 4 aliphatic rings. The smallest absolute Gasteiger partial charge is 0.415 e. The monoisotopic (exact) mass is 1580 g/mol. The van der Waals surface area contributed by atoms with Crippen molar-refractivity contribution in [3.63, 3.8) is 0 Å². The Bertz CT molecular complexity index is 4710. The van der Waals surface area contributed by atoms with E-state index in [1.165, 1.54) is 88.7 Å². The van der Waals surface area contributed by atoms with Gasteiger partial charge in [-0.05, 0) is 48.4 Å². The molecule has 2 aromatic carbocycles. The summed E-state index contributed by atoms with van der Waals surface area (Å²) in [5.74, 6) is 3.24. The molecule has 0 saturated carbocycles. The highest BCUT2D eigenvalue weighted by molar-refractivity contribution is 6.31. The van der Waals surface area contributed by atoms with Gasteiger partial charge < -0.3 is 96.3 Å². The van der Waals surface area contributed by atoms with Crippen LogP contribution in [0.2, 0.25) is 5.15 Å². The predicted molar refractivity (Wildman–Crippen MR) is 412 cm³/mol. The van der Waals surface area contributed by atoms with Crippen LogP contribution in [0.15, 0.2) is 146 Å². The van der Waals surface area contributed by atoms with E-state index in [4.69, 9.17) is 86.6 Å². The number of carbonyl (C=O) groups excluding carboxylic acids is 6. The van der Waals surface area contributed by atoms with Crippen molar-refractivity contribution in [3.8, 4) is 41.2 Å². The van der Waals surface area contributed by atoms with Gasteiger partial charge in [-0.2, -0.15) is 34.9 Å². The van der Waals surface area contributed by atoms with E-state index >= 15 is 0 Å². The van der Waals surface area contributed by atoms with Crippen LogP contribution in [-0.2, 0) is 51.3 Å². The molecule has 113 heavy (non-hydrogen) atoms. The molecule has 1 atom stereocenters. The van der Waals surface area contributed by atoms with Gasteiger partial charge in [0.15, 0.2) is 29.1 Å². The number of carbonyl (C=O) groups is 6. The summed E-state index contributed by atoms with van der Waals surface area (Å²) in [6.45, 7) is 3.52. The summed E-state index contributed by atoms with van der Waals surface area (Å²) >= 11 is 5.47. The number of halogens is 1. The number of nitrogens with zero attached hydrogens (tertiary/aromatic N) is 12. The van der Waals surface area contributed by atoms with Crippen LogP contribution < -0.4 is 92.1 Å². The number of nitro groups is 2. The molecule has 9 aromatic rings. The number of hydrogen-bond acceptors (Lipinski definition) is 34. The average molecular weight is 1580 g/mol. The van der Waals surface area contributed by atoms with E-state index in [1.54, 1.807) is 61.5 Å². The van der Waals surface area contributed by atoms with Crippen molar-refractivity contribution >= 4 is 122 Å². The van der Waals surface area contributed by atoms with Gasteiger partial charge in [0.05, 0.1) is 120 Å². The van der Waals surface area contributed by atoms with Crippen LogP contribution >= 0.6 is 11.6 Å². The number of anilines is 11. The molecule has 5 amide bonds. The summed E-state index contributed by atoms with van der Waals surface area (Å²) in [6.07, 6.45) is -1.19.